The van der Waals surface area contributed by atoms with Gasteiger partial charge in [0, 0.05) is 0 Å². The van der Waals surface area contributed by atoms with E-state index in [2.05, 4.69) is 175 Å². The molecule has 8 rings (SSSR count). The van der Waals surface area contributed by atoms with Gasteiger partial charge >= 0.3 is 0 Å². The molecule has 0 radical (unpaired) electrons. The molecule has 0 spiro atoms. The highest BCUT2D eigenvalue weighted by Crippen LogP contribution is 2.45. The van der Waals surface area contributed by atoms with Crippen LogP contribution in [0.1, 0.15) is 52.7 Å². The highest BCUT2D eigenvalue weighted by Gasteiger charge is 2.18. The Kier molecular flexibility index (Phi) is 6.38. The molecule has 0 saturated carbocycles. The van der Waals surface area contributed by atoms with Crippen LogP contribution >= 0.6 is 0 Å². The average molecular weight is 593 g/mol. The second-order valence-corrected chi connectivity index (χ2v) is 15.0. The Bertz CT molecular complexity index is 2270. The summed E-state index contributed by atoms with van der Waals surface area (Å²) in [6.07, 6.45) is 0. The van der Waals surface area contributed by atoms with Gasteiger partial charge in [-0.05, 0) is 110 Å². The first-order chi connectivity index (χ1) is 22.1. The Morgan fingerprint density at radius 1 is 0.283 bits per heavy atom. The maximum Gasteiger partial charge on any atom is -0.00137 e. The molecule has 0 aliphatic carbocycles. The van der Waals surface area contributed by atoms with Gasteiger partial charge in [0.25, 0.3) is 0 Å². The van der Waals surface area contributed by atoms with E-state index in [0.717, 1.165) is 0 Å². The highest BCUT2D eigenvalue weighted by molar-refractivity contribution is 6.39. The fourth-order valence-corrected chi connectivity index (χ4v) is 7.36. The van der Waals surface area contributed by atoms with E-state index in [-0.39, 0.29) is 10.8 Å². The molecule has 0 nitrogen and oxygen atoms in total. The van der Waals surface area contributed by atoms with Crippen molar-refractivity contribution in [3.63, 3.8) is 0 Å². The lowest BCUT2D eigenvalue weighted by atomic mass is 9.84. The number of benzene rings is 8. The molecule has 46 heavy (non-hydrogen) atoms. The molecular formula is C46H40. The van der Waals surface area contributed by atoms with Gasteiger partial charge in [0.1, 0.15) is 0 Å². The van der Waals surface area contributed by atoms with E-state index >= 15 is 0 Å². The molecule has 0 fully saturated rings. The third-order valence-electron chi connectivity index (χ3n) is 9.97. The van der Waals surface area contributed by atoms with Gasteiger partial charge in [-0.15, -0.1) is 0 Å². The van der Waals surface area contributed by atoms with Crippen LogP contribution < -0.4 is 0 Å². The molecule has 0 aromatic heterocycles. The Hall–Kier alpha value is -4.94. The summed E-state index contributed by atoms with van der Waals surface area (Å²) in [7, 11) is 0. The number of rotatable bonds is 2. The fourth-order valence-electron chi connectivity index (χ4n) is 7.36. The summed E-state index contributed by atoms with van der Waals surface area (Å²) >= 11 is 0. The van der Waals surface area contributed by atoms with Crippen LogP contribution in [0.3, 0.4) is 0 Å². The normalized spacial score (nSPS) is 12.6. The third-order valence-corrected chi connectivity index (χ3v) is 9.97. The molecule has 0 bridgehead atoms. The molecule has 0 N–H and O–H groups in total. The van der Waals surface area contributed by atoms with E-state index in [1.807, 2.05) is 0 Å². The predicted octanol–water partition coefficient (Wildman–Crippen LogP) is 13.4. The van der Waals surface area contributed by atoms with Gasteiger partial charge in [-0.3, -0.25) is 0 Å². The summed E-state index contributed by atoms with van der Waals surface area (Å²) in [4.78, 5) is 0. The summed E-state index contributed by atoms with van der Waals surface area (Å²) < 4.78 is 0. The van der Waals surface area contributed by atoms with Crippen molar-refractivity contribution < 1.29 is 0 Å². The lowest BCUT2D eigenvalue weighted by Crippen LogP contribution is -2.10. The van der Waals surface area contributed by atoms with Crippen LogP contribution in [0.25, 0.3) is 76.1 Å². The van der Waals surface area contributed by atoms with Crippen molar-refractivity contribution >= 4 is 53.9 Å². The van der Waals surface area contributed by atoms with Crippen LogP contribution in [0.2, 0.25) is 0 Å². The van der Waals surface area contributed by atoms with Crippen molar-refractivity contribution in [3.05, 3.63) is 145 Å². The molecule has 8 aromatic rings. The second kappa shape index (κ2) is 10.3. The quantitative estimate of drug-likeness (QED) is 0.175. The van der Waals surface area contributed by atoms with Crippen LogP contribution in [0.5, 0.6) is 0 Å². The maximum absolute atomic E-state index is 2.43. The van der Waals surface area contributed by atoms with Crippen molar-refractivity contribution in [2.24, 2.45) is 0 Å². The van der Waals surface area contributed by atoms with Crippen LogP contribution in [0.4, 0.5) is 0 Å². The van der Waals surface area contributed by atoms with Crippen molar-refractivity contribution in [1.82, 2.24) is 0 Å². The lowest BCUT2D eigenvalue weighted by molar-refractivity contribution is 0.590. The van der Waals surface area contributed by atoms with E-state index in [1.54, 1.807) is 0 Å². The zero-order chi connectivity index (χ0) is 31.8. The van der Waals surface area contributed by atoms with Gasteiger partial charge in [-0.2, -0.15) is 0 Å². The molecule has 0 amide bonds. The number of hydrogen-bond donors (Lipinski definition) is 0. The first-order valence-electron chi connectivity index (χ1n) is 16.5. The minimum atomic E-state index is 0.129. The standard InChI is InChI=1S/C46H40/c1-45(2,3)33-21-15-29(16-22-33)31-19-25-37-38-26-20-32(30-17-23-34(24-18-30)46(4,5)6)28-42(38)44-40-14-10-8-12-36(40)35-11-7-9-13-39(35)43(44)41(37)27-31/h7-28H,1-6H3. The second-order valence-electron chi connectivity index (χ2n) is 15.0. The molecule has 0 unspecified atom stereocenters. The molecular weight excluding hydrogens is 553 g/mol. The number of fused-ring (bicyclic) bond motifs is 11. The number of hydrogen-bond acceptors (Lipinski definition) is 0. The topological polar surface area (TPSA) is 0 Å². The van der Waals surface area contributed by atoms with Gasteiger partial charge < -0.3 is 0 Å². The van der Waals surface area contributed by atoms with Gasteiger partial charge in [0.05, 0.1) is 0 Å². The molecule has 224 valence electrons. The SMILES string of the molecule is CC(C)(C)c1ccc(-c2ccc3c4ccc(-c5ccc(C(C)(C)C)cc5)cc4c4c5ccccc5c5ccccc5c4c3c2)cc1. The smallest absolute Gasteiger partial charge is 0.00137 e. The first kappa shape index (κ1) is 28.5. The van der Waals surface area contributed by atoms with Crippen LogP contribution in [-0.4, -0.2) is 0 Å². The lowest BCUT2D eigenvalue weighted by Gasteiger charge is -2.20. The van der Waals surface area contributed by atoms with E-state index in [0.29, 0.717) is 0 Å². The highest BCUT2D eigenvalue weighted by atomic mass is 14.2. The van der Waals surface area contributed by atoms with E-state index in [4.69, 9.17) is 0 Å². The molecule has 0 heterocycles. The first-order valence-corrected chi connectivity index (χ1v) is 16.5. The molecule has 0 heteroatoms. The van der Waals surface area contributed by atoms with E-state index < -0.39 is 0 Å². The summed E-state index contributed by atoms with van der Waals surface area (Å²) in [6.45, 7) is 13.6. The monoisotopic (exact) mass is 592 g/mol. The van der Waals surface area contributed by atoms with Gasteiger partial charge in [-0.25, -0.2) is 0 Å². The molecule has 8 aromatic carbocycles. The summed E-state index contributed by atoms with van der Waals surface area (Å²) in [5, 5.41) is 13.1. The van der Waals surface area contributed by atoms with Crippen molar-refractivity contribution in [3.8, 4) is 22.3 Å². The Morgan fingerprint density at radius 2 is 0.587 bits per heavy atom. The zero-order valence-electron chi connectivity index (χ0n) is 27.7. The maximum atomic E-state index is 2.43. The Balaban J connectivity index is 1.47. The summed E-state index contributed by atoms with van der Waals surface area (Å²) in [6, 6.07) is 50.4. The molecule has 0 atom stereocenters. The Morgan fingerprint density at radius 3 is 0.935 bits per heavy atom. The van der Waals surface area contributed by atoms with Crippen LogP contribution in [-0.2, 0) is 10.8 Å². The molecule has 0 aliphatic rings. The van der Waals surface area contributed by atoms with Gasteiger partial charge in [-0.1, -0.05) is 163 Å². The van der Waals surface area contributed by atoms with Crippen LogP contribution in [0.15, 0.2) is 133 Å². The predicted molar refractivity (Wildman–Crippen MR) is 202 cm³/mol. The van der Waals surface area contributed by atoms with Crippen molar-refractivity contribution in [2.75, 3.05) is 0 Å². The molecule has 0 saturated heterocycles. The fraction of sp³-hybridized carbons (Fsp3) is 0.174. The van der Waals surface area contributed by atoms with Crippen molar-refractivity contribution in [2.45, 2.75) is 52.4 Å². The summed E-state index contributed by atoms with van der Waals surface area (Å²) in [5.41, 5.74) is 7.98. The van der Waals surface area contributed by atoms with E-state index in [9.17, 15) is 0 Å². The average Bonchev–Trinajstić information content (AvgIpc) is 3.07. The third kappa shape index (κ3) is 4.59. The molecule has 0 aliphatic heterocycles. The Labute approximate surface area is 272 Å². The van der Waals surface area contributed by atoms with E-state index in [1.165, 1.54) is 87.2 Å². The van der Waals surface area contributed by atoms with Gasteiger partial charge in [0.2, 0.25) is 0 Å². The summed E-state index contributed by atoms with van der Waals surface area (Å²) in [5.74, 6) is 0. The minimum absolute atomic E-state index is 0.129. The largest absolute Gasteiger partial charge is 0.0616 e. The zero-order valence-corrected chi connectivity index (χ0v) is 27.7. The van der Waals surface area contributed by atoms with Crippen molar-refractivity contribution in [1.29, 1.82) is 0 Å². The van der Waals surface area contributed by atoms with Gasteiger partial charge in [0.15, 0.2) is 0 Å². The van der Waals surface area contributed by atoms with Crippen LogP contribution in [0, 0.1) is 0 Å². The minimum Gasteiger partial charge on any atom is -0.0616 e.